The number of halogens is 1. The lowest BCUT2D eigenvalue weighted by Crippen LogP contribution is -2.45. The highest BCUT2D eigenvalue weighted by molar-refractivity contribution is 7.80. The van der Waals surface area contributed by atoms with E-state index in [1.54, 1.807) is 36.4 Å². The highest BCUT2D eigenvalue weighted by Gasteiger charge is 2.08. The molecule has 1 amide bonds. The lowest BCUT2D eigenvalue weighted by Gasteiger charge is -2.14. The number of hydrazine groups is 1. The molecular formula is C18H20ClN3O3S. The van der Waals surface area contributed by atoms with E-state index in [0.717, 1.165) is 6.42 Å². The van der Waals surface area contributed by atoms with Gasteiger partial charge in [-0.25, -0.2) is 0 Å². The van der Waals surface area contributed by atoms with Gasteiger partial charge in [-0.1, -0.05) is 36.7 Å². The summed E-state index contributed by atoms with van der Waals surface area (Å²) in [5.41, 5.74) is 5.77. The molecule has 0 spiro atoms. The second-order valence-electron chi connectivity index (χ2n) is 5.22. The zero-order chi connectivity index (χ0) is 18.8. The summed E-state index contributed by atoms with van der Waals surface area (Å²) < 4.78 is 11.1. The summed E-state index contributed by atoms with van der Waals surface area (Å²) in [6.45, 7) is 2.42. The van der Waals surface area contributed by atoms with E-state index in [2.05, 4.69) is 16.2 Å². The van der Waals surface area contributed by atoms with Gasteiger partial charge in [0.2, 0.25) is 0 Å². The number of anilines is 1. The third-order valence-electron chi connectivity index (χ3n) is 3.07. The molecule has 2 rings (SSSR count). The Kier molecular flexibility index (Phi) is 7.98. The van der Waals surface area contributed by atoms with Crippen molar-refractivity contribution < 1.29 is 14.3 Å². The minimum Gasteiger partial charge on any atom is -0.490 e. The summed E-state index contributed by atoms with van der Waals surface area (Å²) in [5.74, 6) is 0.731. The van der Waals surface area contributed by atoms with Crippen molar-refractivity contribution in [3.05, 3.63) is 53.6 Å². The number of para-hydroxylation sites is 2. The Morgan fingerprint density at radius 3 is 2.50 bits per heavy atom. The van der Waals surface area contributed by atoms with Gasteiger partial charge in [0.25, 0.3) is 5.91 Å². The zero-order valence-electron chi connectivity index (χ0n) is 14.3. The van der Waals surface area contributed by atoms with E-state index in [9.17, 15) is 4.79 Å². The van der Waals surface area contributed by atoms with Crippen LogP contribution in [-0.4, -0.2) is 24.2 Å². The number of hydrogen-bond donors (Lipinski definition) is 3. The van der Waals surface area contributed by atoms with E-state index in [4.69, 9.17) is 33.3 Å². The van der Waals surface area contributed by atoms with E-state index in [1.807, 2.05) is 19.1 Å². The first-order chi connectivity index (χ1) is 12.6. The van der Waals surface area contributed by atoms with Gasteiger partial charge in [0.05, 0.1) is 6.61 Å². The zero-order valence-corrected chi connectivity index (χ0v) is 15.8. The molecule has 0 saturated heterocycles. The Labute approximate surface area is 162 Å². The molecule has 3 N–H and O–H groups in total. The Morgan fingerprint density at radius 2 is 1.81 bits per heavy atom. The van der Waals surface area contributed by atoms with Crippen LogP contribution in [0.25, 0.3) is 0 Å². The molecule has 0 aliphatic rings. The van der Waals surface area contributed by atoms with Gasteiger partial charge in [0.1, 0.15) is 0 Å². The standard InChI is InChI=1S/C18H20ClN3O3S/c1-2-10-24-15-8-3-4-9-16(15)25-12-17(23)21-22-18(26)20-14-7-5-6-13(19)11-14/h3-9,11H,2,10,12H2,1H3,(H,21,23)(H2,20,22,26). The van der Waals surface area contributed by atoms with Gasteiger partial charge in [-0.15, -0.1) is 0 Å². The summed E-state index contributed by atoms with van der Waals surface area (Å²) in [4.78, 5) is 11.9. The van der Waals surface area contributed by atoms with Crippen LogP contribution in [0.15, 0.2) is 48.5 Å². The van der Waals surface area contributed by atoms with Crippen molar-refractivity contribution in [3.8, 4) is 11.5 Å². The van der Waals surface area contributed by atoms with Crippen molar-refractivity contribution >= 4 is 40.5 Å². The fourth-order valence-corrected chi connectivity index (χ4v) is 2.29. The first kappa shape index (κ1) is 19.8. The quantitative estimate of drug-likeness (QED) is 0.494. The van der Waals surface area contributed by atoms with Crippen molar-refractivity contribution in [1.29, 1.82) is 0 Å². The van der Waals surface area contributed by atoms with Gasteiger partial charge in [-0.3, -0.25) is 15.6 Å². The number of benzene rings is 2. The summed E-state index contributed by atoms with van der Waals surface area (Å²) in [5, 5.41) is 3.72. The summed E-state index contributed by atoms with van der Waals surface area (Å²) in [7, 11) is 0. The largest absolute Gasteiger partial charge is 0.490 e. The van der Waals surface area contributed by atoms with Crippen LogP contribution >= 0.6 is 23.8 Å². The van der Waals surface area contributed by atoms with Crippen molar-refractivity contribution in [3.63, 3.8) is 0 Å². The number of amides is 1. The Hall–Kier alpha value is -2.51. The van der Waals surface area contributed by atoms with Crippen LogP contribution in [0.3, 0.4) is 0 Å². The molecule has 26 heavy (non-hydrogen) atoms. The average molecular weight is 394 g/mol. The Morgan fingerprint density at radius 1 is 1.08 bits per heavy atom. The molecular weight excluding hydrogens is 374 g/mol. The van der Waals surface area contributed by atoms with Crippen LogP contribution < -0.4 is 25.6 Å². The fraction of sp³-hybridized carbons (Fsp3) is 0.222. The molecule has 0 fully saturated rings. The maximum atomic E-state index is 11.9. The molecule has 0 radical (unpaired) electrons. The number of carbonyl (C=O) groups excluding carboxylic acids is 1. The van der Waals surface area contributed by atoms with Gasteiger partial charge in [-0.05, 0) is 49.0 Å². The number of nitrogens with one attached hydrogen (secondary N) is 3. The number of thiocarbonyl (C=S) groups is 1. The maximum Gasteiger partial charge on any atom is 0.276 e. The topological polar surface area (TPSA) is 71.6 Å². The molecule has 0 aromatic heterocycles. The third-order valence-corrected chi connectivity index (χ3v) is 3.51. The molecule has 138 valence electrons. The predicted octanol–water partition coefficient (Wildman–Crippen LogP) is 3.53. The first-order valence-corrected chi connectivity index (χ1v) is 8.83. The van der Waals surface area contributed by atoms with Crippen LogP contribution in [-0.2, 0) is 4.79 Å². The van der Waals surface area contributed by atoms with Crippen LogP contribution in [0.1, 0.15) is 13.3 Å². The SMILES string of the molecule is CCCOc1ccccc1OCC(=O)NNC(=S)Nc1cccc(Cl)c1. The molecule has 0 saturated carbocycles. The Balaban J connectivity index is 1.76. The molecule has 0 atom stereocenters. The summed E-state index contributed by atoms with van der Waals surface area (Å²) in [6.07, 6.45) is 0.885. The van der Waals surface area contributed by atoms with Gasteiger partial charge in [-0.2, -0.15) is 0 Å². The molecule has 2 aromatic rings. The van der Waals surface area contributed by atoms with E-state index < -0.39 is 0 Å². The molecule has 0 unspecified atom stereocenters. The fourth-order valence-electron chi connectivity index (χ4n) is 1.94. The second-order valence-corrected chi connectivity index (χ2v) is 6.07. The first-order valence-electron chi connectivity index (χ1n) is 8.04. The highest BCUT2D eigenvalue weighted by atomic mass is 35.5. The van der Waals surface area contributed by atoms with E-state index in [-0.39, 0.29) is 17.6 Å². The summed E-state index contributed by atoms with van der Waals surface area (Å²) in [6, 6.07) is 14.3. The molecule has 2 aromatic carbocycles. The van der Waals surface area contributed by atoms with Crippen LogP contribution in [0.4, 0.5) is 5.69 Å². The molecule has 0 heterocycles. The molecule has 6 nitrogen and oxygen atoms in total. The van der Waals surface area contributed by atoms with Crippen molar-refractivity contribution in [2.24, 2.45) is 0 Å². The van der Waals surface area contributed by atoms with E-state index in [1.165, 1.54) is 0 Å². The van der Waals surface area contributed by atoms with E-state index in [0.29, 0.717) is 28.8 Å². The van der Waals surface area contributed by atoms with Crippen LogP contribution in [0, 0.1) is 0 Å². The monoisotopic (exact) mass is 393 g/mol. The molecule has 0 aliphatic heterocycles. The summed E-state index contributed by atoms with van der Waals surface area (Å²) >= 11 is 11.0. The highest BCUT2D eigenvalue weighted by Crippen LogP contribution is 2.26. The smallest absolute Gasteiger partial charge is 0.276 e. The third kappa shape index (κ3) is 6.78. The molecule has 8 heteroatoms. The Bertz CT molecular complexity index is 758. The number of ether oxygens (including phenoxy) is 2. The van der Waals surface area contributed by atoms with Gasteiger partial charge >= 0.3 is 0 Å². The lowest BCUT2D eigenvalue weighted by molar-refractivity contribution is -0.123. The number of rotatable bonds is 7. The maximum absolute atomic E-state index is 11.9. The van der Waals surface area contributed by atoms with Crippen LogP contribution in [0.2, 0.25) is 5.02 Å². The minimum atomic E-state index is -0.384. The normalized spacial score (nSPS) is 9.92. The van der Waals surface area contributed by atoms with E-state index >= 15 is 0 Å². The van der Waals surface area contributed by atoms with Gasteiger partial charge in [0, 0.05) is 10.7 Å². The average Bonchev–Trinajstić information content (AvgIpc) is 2.63. The lowest BCUT2D eigenvalue weighted by atomic mass is 10.3. The van der Waals surface area contributed by atoms with Crippen molar-refractivity contribution in [2.45, 2.75) is 13.3 Å². The minimum absolute atomic E-state index is 0.181. The van der Waals surface area contributed by atoms with Crippen molar-refractivity contribution in [1.82, 2.24) is 10.9 Å². The number of hydrogen-bond acceptors (Lipinski definition) is 4. The van der Waals surface area contributed by atoms with Gasteiger partial charge in [0.15, 0.2) is 23.2 Å². The predicted molar refractivity (Wildman–Crippen MR) is 107 cm³/mol. The molecule has 0 aliphatic carbocycles. The van der Waals surface area contributed by atoms with Gasteiger partial charge < -0.3 is 14.8 Å². The number of carbonyl (C=O) groups is 1. The second kappa shape index (κ2) is 10.5. The van der Waals surface area contributed by atoms with Crippen molar-refractivity contribution in [2.75, 3.05) is 18.5 Å². The molecule has 0 bridgehead atoms. The van der Waals surface area contributed by atoms with Crippen LogP contribution in [0.5, 0.6) is 11.5 Å².